The predicted molar refractivity (Wildman–Crippen MR) is 107 cm³/mol. The summed E-state index contributed by atoms with van der Waals surface area (Å²) in [6.45, 7) is 0. The Morgan fingerprint density at radius 3 is 2.33 bits per heavy atom. The maximum Gasteiger partial charge on any atom is 0.140 e. The van der Waals surface area contributed by atoms with Gasteiger partial charge in [-0.1, -0.05) is 6.07 Å². The van der Waals surface area contributed by atoms with Gasteiger partial charge in [-0.3, -0.25) is 0 Å². The van der Waals surface area contributed by atoms with Crippen molar-refractivity contribution in [2.24, 2.45) is 7.05 Å². The molecule has 0 saturated carbocycles. The lowest BCUT2D eigenvalue weighted by molar-refractivity contribution is 0.394. The summed E-state index contributed by atoms with van der Waals surface area (Å²) in [6, 6.07) is 15.7. The van der Waals surface area contributed by atoms with Crippen molar-refractivity contribution in [3.63, 3.8) is 0 Å². The normalized spacial score (nSPS) is 10.8. The Balaban J connectivity index is 1.84. The minimum atomic E-state index is 0.750. The fourth-order valence-electron chi connectivity index (χ4n) is 3.15. The third kappa shape index (κ3) is 3.17. The van der Waals surface area contributed by atoms with Gasteiger partial charge in [0, 0.05) is 42.2 Å². The SMILES string of the molecule is COc1cc(OC)cc(-c2cc3c(Nc4ccccn4)nccc3n2C)c1. The minimum Gasteiger partial charge on any atom is -0.497 e. The minimum absolute atomic E-state index is 0.750. The lowest BCUT2D eigenvalue weighted by Gasteiger charge is -2.09. The topological polar surface area (TPSA) is 61.2 Å². The Labute approximate surface area is 157 Å². The number of nitrogens with one attached hydrogen (secondary N) is 1. The van der Waals surface area contributed by atoms with Crippen molar-refractivity contribution < 1.29 is 9.47 Å². The van der Waals surface area contributed by atoms with Crippen LogP contribution in [0.5, 0.6) is 11.5 Å². The first-order valence-electron chi connectivity index (χ1n) is 8.55. The molecule has 0 amide bonds. The standard InChI is InChI=1S/C21H20N4O2/c1-25-18-7-9-23-21(24-20-6-4-5-8-22-20)17(18)13-19(25)14-10-15(26-2)12-16(11-14)27-3/h4-13H,1-3H3,(H,22,23,24). The summed E-state index contributed by atoms with van der Waals surface area (Å²) in [7, 11) is 5.34. The average molecular weight is 360 g/mol. The molecule has 0 spiro atoms. The third-order valence-corrected chi connectivity index (χ3v) is 4.53. The molecule has 3 aromatic heterocycles. The van der Waals surface area contributed by atoms with Crippen molar-refractivity contribution in [2.45, 2.75) is 0 Å². The van der Waals surface area contributed by atoms with Crippen molar-refractivity contribution >= 4 is 22.5 Å². The predicted octanol–water partition coefficient (Wildman–Crippen LogP) is 4.40. The maximum absolute atomic E-state index is 5.41. The highest BCUT2D eigenvalue weighted by Crippen LogP contribution is 2.35. The van der Waals surface area contributed by atoms with E-state index in [4.69, 9.17) is 9.47 Å². The number of nitrogens with zero attached hydrogens (tertiary/aromatic N) is 3. The summed E-state index contributed by atoms with van der Waals surface area (Å²) in [6.07, 6.45) is 3.55. The molecule has 3 heterocycles. The number of aryl methyl sites for hydroxylation is 1. The van der Waals surface area contributed by atoms with Crippen LogP contribution in [-0.4, -0.2) is 28.8 Å². The molecular weight excluding hydrogens is 340 g/mol. The Kier molecular flexibility index (Phi) is 4.38. The van der Waals surface area contributed by atoms with Crippen molar-refractivity contribution in [3.8, 4) is 22.8 Å². The maximum atomic E-state index is 5.41. The number of hydrogen-bond donors (Lipinski definition) is 1. The molecule has 27 heavy (non-hydrogen) atoms. The molecule has 0 aliphatic heterocycles. The van der Waals surface area contributed by atoms with Crippen LogP contribution >= 0.6 is 0 Å². The Hall–Kier alpha value is -3.54. The zero-order valence-corrected chi connectivity index (χ0v) is 15.4. The number of pyridine rings is 2. The molecule has 0 unspecified atom stereocenters. The van der Waals surface area contributed by atoms with Crippen LogP contribution in [0.15, 0.2) is 60.9 Å². The van der Waals surface area contributed by atoms with Gasteiger partial charge < -0.3 is 19.4 Å². The smallest absolute Gasteiger partial charge is 0.140 e. The number of fused-ring (bicyclic) bond motifs is 1. The van der Waals surface area contributed by atoms with Gasteiger partial charge in [-0.25, -0.2) is 9.97 Å². The van der Waals surface area contributed by atoms with Crippen LogP contribution in [0.1, 0.15) is 0 Å². The molecule has 6 heteroatoms. The Morgan fingerprint density at radius 2 is 1.67 bits per heavy atom. The van der Waals surface area contributed by atoms with Gasteiger partial charge in [0.1, 0.15) is 23.1 Å². The summed E-state index contributed by atoms with van der Waals surface area (Å²) in [4.78, 5) is 8.83. The summed E-state index contributed by atoms with van der Waals surface area (Å²) >= 11 is 0. The fourth-order valence-corrected chi connectivity index (χ4v) is 3.15. The second-order valence-electron chi connectivity index (χ2n) is 6.12. The Bertz CT molecular complexity index is 1070. The van der Waals surface area contributed by atoms with Crippen molar-refractivity contribution in [1.29, 1.82) is 0 Å². The summed E-state index contributed by atoms with van der Waals surface area (Å²) in [5.41, 5.74) is 3.12. The highest BCUT2D eigenvalue weighted by molar-refractivity contribution is 5.95. The first kappa shape index (κ1) is 16.9. The first-order chi connectivity index (χ1) is 13.2. The molecule has 4 rings (SSSR count). The number of hydrogen-bond acceptors (Lipinski definition) is 5. The van der Waals surface area contributed by atoms with Crippen LogP contribution in [0, 0.1) is 0 Å². The van der Waals surface area contributed by atoms with E-state index in [0.29, 0.717) is 0 Å². The zero-order chi connectivity index (χ0) is 18.8. The molecule has 0 fully saturated rings. The van der Waals surface area contributed by atoms with Gasteiger partial charge >= 0.3 is 0 Å². The number of ether oxygens (including phenoxy) is 2. The fraction of sp³-hybridized carbons (Fsp3) is 0.143. The van der Waals surface area contributed by atoms with Crippen LogP contribution in [0.3, 0.4) is 0 Å². The van der Waals surface area contributed by atoms with Gasteiger partial charge in [-0.15, -0.1) is 0 Å². The van der Waals surface area contributed by atoms with Crippen LogP contribution in [0.2, 0.25) is 0 Å². The number of anilines is 2. The van der Waals surface area contributed by atoms with E-state index in [2.05, 4.69) is 25.9 Å². The van der Waals surface area contributed by atoms with Crippen molar-refractivity contribution in [2.75, 3.05) is 19.5 Å². The summed E-state index contributed by atoms with van der Waals surface area (Å²) in [5, 5.41) is 4.32. The second kappa shape index (κ2) is 6.99. The number of methoxy groups -OCH3 is 2. The molecule has 6 nitrogen and oxygen atoms in total. The first-order valence-corrected chi connectivity index (χ1v) is 8.55. The van der Waals surface area contributed by atoms with Crippen LogP contribution in [0.4, 0.5) is 11.6 Å². The lowest BCUT2D eigenvalue weighted by Crippen LogP contribution is -1.96. The molecule has 0 saturated heterocycles. The molecule has 4 aromatic rings. The molecule has 0 atom stereocenters. The van der Waals surface area contributed by atoms with Gasteiger partial charge in [0.25, 0.3) is 0 Å². The van der Waals surface area contributed by atoms with E-state index in [1.165, 1.54) is 0 Å². The highest BCUT2D eigenvalue weighted by atomic mass is 16.5. The van der Waals surface area contributed by atoms with E-state index in [9.17, 15) is 0 Å². The van der Waals surface area contributed by atoms with Crippen LogP contribution in [0.25, 0.3) is 22.2 Å². The van der Waals surface area contributed by atoms with E-state index in [-0.39, 0.29) is 0 Å². The molecule has 1 N–H and O–H groups in total. The summed E-state index contributed by atoms with van der Waals surface area (Å²) < 4.78 is 13.0. The molecule has 0 radical (unpaired) electrons. The van der Waals surface area contributed by atoms with Crippen LogP contribution < -0.4 is 14.8 Å². The zero-order valence-electron chi connectivity index (χ0n) is 15.4. The van der Waals surface area contributed by atoms with E-state index >= 15 is 0 Å². The molecular formula is C21H20N4O2. The monoisotopic (exact) mass is 360 g/mol. The number of rotatable bonds is 5. The molecule has 1 aromatic carbocycles. The Morgan fingerprint density at radius 1 is 0.889 bits per heavy atom. The van der Waals surface area contributed by atoms with Crippen molar-refractivity contribution in [1.82, 2.24) is 14.5 Å². The van der Waals surface area contributed by atoms with Gasteiger partial charge in [0.2, 0.25) is 0 Å². The lowest BCUT2D eigenvalue weighted by atomic mass is 10.1. The quantitative estimate of drug-likeness (QED) is 0.572. The van der Waals surface area contributed by atoms with Gasteiger partial charge in [0.05, 0.1) is 19.7 Å². The molecule has 0 aliphatic rings. The molecule has 136 valence electrons. The van der Waals surface area contributed by atoms with Gasteiger partial charge in [0.15, 0.2) is 0 Å². The molecule has 0 aliphatic carbocycles. The van der Waals surface area contributed by atoms with Gasteiger partial charge in [-0.2, -0.15) is 0 Å². The largest absolute Gasteiger partial charge is 0.497 e. The highest BCUT2D eigenvalue weighted by Gasteiger charge is 2.14. The molecule has 0 bridgehead atoms. The number of benzene rings is 1. The van der Waals surface area contributed by atoms with Gasteiger partial charge in [-0.05, 0) is 36.4 Å². The number of aromatic nitrogens is 3. The van der Waals surface area contributed by atoms with E-state index in [1.54, 1.807) is 26.6 Å². The average Bonchev–Trinajstić information content (AvgIpc) is 3.06. The summed E-state index contributed by atoms with van der Waals surface area (Å²) in [5.74, 6) is 3.02. The van der Waals surface area contributed by atoms with E-state index < -0.39 is 0 Å². The van der Waals surface area contributed by atoms with E-state index in [1.807, 2.05) is 49.5 Å². The van der Waals surface area contributed by atoms with Crippen LogP contribution in [-0.2, 0) is 7.05 Å². The van der Waals surface area contributed by atoms with E-state index in [0.717, 1.165) is 45.3 Å². The third-order valence-electron chi connectivity index (χ3n) is 4.53. The second-order valence-corrected chi connectivity index (χ2v) is 6.12. The van der Waals surface area contributed by atoms with Crippen molar-refractivity contribution in [3.05, 3.63) is 60.9 Å².